The average Bonchev–Trinajstić information content (AvgIpc) is 3.33. The fourth-order valence-corrected chi connectivity index (χ4v) is 2.85. The van der Waals surface area contributed by atoms with Gasteiger partial charge in [-0.15, -0.1) is 0 Å². The summed E-state index contributed by atoms with van der Waals surface area (Å²) >= 11 is 0. The van der Waals surface area contributed by atoms with E-state index in [1.807, 2.05) is 6.07 Å². The van der Waals surface area contributed by atoms with Gasteiger partial charge in [0.25, 0.3) is 0 Å². The molecule has 0 bridgehead atoms. The highest BCUT2D eigenvalue weighted by atomic mass is 16.4. The van der Waals surface area contributed by atoms with Crippen LogP contribution in [0.5, 0.6) is 0 Å². The zero-order valence-corrected chi connectivity index (χ0v) is 14.2. The van der Waals surface area contributed by atoms with Gasteiger partial charge in [0, 0.05) is 13.1 Å². The number of carbonyl (C=O) groups is 1. The van der Waals surface area contributed by atoms with Gasteiger partial charge in [-0.1, -0.05) is 68.2 Å². The van der Waals surface area contributed by atoms with E-state index in [1.165, 1.54) is 36.8 Å². The van der Waals surface area contributed by atoms with Gasteiger partial charge < -0.3 is 10.4 Å². The molecular weight excluding hydrogens is 286 g/mol. The van der Waals surface area contributed by atoms with Crippen molar-refractivity contribution in [3.63, 3.8) is 0 Å². The molecule has 0 heterocycles. The molecule has 0 spiro atoms. The molecule has 3 heteroatoms. The molecule has 1 aliphatic rings. The Morgan fingerprint density at radius 2 is 1.96 bits per heavy atom. The molecule has 0 radical (unpaired) electrons. The third-order valence-electron chi connectivity index (χ3n) is 4.64. The van der Waals surface area contributed by atoms with E-state index in [1.54, 1.807) is 0 Å². The van der Waals surface area contributed by atoms with E-state index in [-0.39, 0.29) is 0 Å². The lowest BCUT2D eigenvalue weighted by Crippen LogP contribution is -2.31. The number of rotatable bonds is 11. The van der Waals surface area contributed by atoms with E-state index in [0.29, 0.717) is 6.54 Å². The first-order valence-corrected chi connectivity index (χ1v) is 8.85. The highest BCUT2D eigenvalue weighted by molar-refractivity contribution is 5.78. The molecule has 1 aliphatic carbocycles. The predicted octanol–water partition coefficient (Wildman–Crippen LogP) is 4.49. The fraction of sp³-hybridized carbons (Fsp3) is 0.550. The summed E-state index contributed by atoms with van der Waals surface area (Å²) in [6.07, 6.45) is 9.96. The molecule has 23 heavy (non-hydrogen) atoms. The Morgan fingerprint density at radius 1 is 1.22 bits per heavy atom. The molecule has 0 aromatic heterocycles. The van der Waals surface area contributed by atoms with Gasteiger partial charge >= 0.3 is 5.97 Å². The van der Waals surface area contributed by atoms with Crippen molar-refractivity contribution >= 4 is 12.0 Å². The summed E-state index contributed by atoms with van der Waals surface area (Å²) in [7, 11) is 0. The second kappa shape index (κ2) is 8.88. The van der Waals surface area contributed by atoms with Gasteiger partial charge in [0.05, 0.1) is 5.41 Å². The Labute approximate surface area is 139 Å². The Hall–Kier alpha value is -1.61. The molecule has 1 fully saturated rings. The first-order valence-electron chi connectivity index (χ1n) is 8.85. The molecule has 3 nitrogen and oxygen atoms in total. The van der Waals surface area contributed by atoms with Crippen molar-refractivity contribution < 1.29 is 9.90 Å². The van der Waals surface area contributed by atoms with Crippen LogP contribution >= 0.6 is 0 Å². The molecule has 126 valence electrons. The van der Waals surface area contributed by atoms with Gasteiger partial charge in [-0.05, 0) is 31.2 Å². The molecule has 0 amide bonds. The van der Waals surface area contributed by atoms with Gasteiger partial charge in [0.2, 0.25) is 0 Å². The SMILES string of the molecule is CCCCCC/C(=C\c1ccccc1)CNCC1(C(=O)O)CC1. The lowest BCUT2D eigenvalue weighted by Gasteiger charge is -2.13. The Morgan fingerprint density at radius 3 is 2.57 bits per heavy atom. The van der Waals surface area contributed by atoms with E-state index in [2.05, 4.69) is 42.6 Å². The van der Waals surface area contributed by atoms with Gasteiger partial charge in [-0.2, -0.15) is 0 Å². The molecule has 1 aromatic rings. The van der Waals surface area contributed by atoms with E-state index < -0.39 is 11.4 Å². The van der Waals surface area contributed by atoms with Crippen LogP contribution in [-0.4, -0.2) is 24.2 Å². The zero-order valence-electron chi connectivity index (χ0n) is 14.2. The van der Waals surface area contributed by atoms with Crippen molar-refractivity contribution in [2.24, 2.45) is 5.41 Å². The first kappa shape index (κ1) is 17.7. The summed E-state index contributed by atoms with van der Waals surface area (Å²) in [4.78, 5) is 11.2. The number of hydrogen-bond acceptors (Lipinski definition) is 2. The smallest absolute Gasteiger partial charge is 0.310 e. The summed E-state index contributed by atoms with van der Waals surface area (Å²) in [6.45, 7) is 3.60. The monoisotopic (exact) mass is 315 g/mol. The second-order valence-corrected chi connectivity index (χ2v) is 6.71. The molecule has 1 aromatic carbocycles. The standard InChI is InChI=1S/C20H29NO2/c1-2-3-4-6-11-18(14-17-9-7-5-8-10-17)15-21-16-20(12-13-20)19(22)23/h5,7-10,14,21H,2-4,6,11-13,15-16H2,1H3,(H,22,23)/b18-14+. The highest BCUT2D eigenvalue weighted by Crippen LogP contribution is 2.45. The number of nitrogens with one attached hydrogen (secondary N) is 1. The summed E-state index contributed by atoms with van der Waals surface area (Å²) in [5.41, 5.74) is 2.10. The lowest BCUT2D eigenvalue weighted by molar-refractivity contribution is -0.143. The van der Waals surface area contributed by atoms with Crippen LogP contribution in [0.15, 0.2) is 35.9 Å². The molecule has 1 saturated carbocycles. The van der Waals surface area contributed by atoms with Crippen LogP contribution in [0.25, 0.3) is 6.08 Å². The van der Waals surface area contributed by atoms with Gasteiger partial charge in [-0.25, -0.2) is 0 Å². The maximum absolute atomic E-state index is 11.2. The fourth-order valence-electron chi connectivity index (χ4n) is 2.85. The van der Waals surface area contributed by atoms with Crippen LogP contribution in [0.2, 0.25) is 0 Å². The van der Waals surface area contributed by atoms with Crippen molar-refractivity contribution in [3.05, 3.63) is 41.5 Å². The number of carboxylic acid groups (broad SMARTS) is 1. The van der Waals surface area contributed by atoms with E-state index in [4.69, 9.17) is 0 Å². The van der Waals surface area contributed by atoms with Gasteiger partial charge in [0.1, 0.15) is 0 Å². The minimum absolute atomic E-state index is 0.486. The minimum atomic E-state index is -0.651. The summed E-state index contributed by atoms with van der Waals surface area (Å²) in [6, 6.07) is 10.4. The summed E-state index contributed by atoms with van der Waals surface area (Å²) in [5.74, 6) is -0.651. The van der Waals surface area contributed by atoms with Crippen LogP contribution in [0.3, 0.4) is 0 Å². The Balaban J connectivity index is 1.88. The largest absolute Gasteiger partial charge is 0.481 e. The number of unbranched alkanes of at least 4 members (excludes halogenated alkanes) is 3. The quantitative estimate of drug-likeness (QED) is 0.591. The van der Waals surface area contributed by atoms with E-state index in [0.717, 1.165) is 25.8 Å². The van der Waals surface area contributed by atoms with Crippen LogP contribution in [-0.2, 0) is 4.79 Å². The molecule has 2 N–H and O–H groups in total. The van der Waals surface area contributed by atoms with Gasteiger partial charge in [0.15, 0.2) is 0 Å². The zero-order chi connectivity index (χ0) is 16.5. The van der Waals surface area contributed by atoms with Crippen LogP contribution in [0.4, 0.5) is 0 Å². The lowest BCUT2D eigenvalue weighted by atomic mass is 10.0. The molecular formula is C20H29NO2. The third-order valence-corrected chi connectivity index (χ3v) is 4.64. The predicted molar refractivity (Wildman–Crippen MR) is 95.4 cm³/mol. The second-order valence-electron chi connectivity index (χ2n) is 6.71. The van der Waals surface area contributed by atoms with Crippen molar-refractivity contribution in [3.8, 4) is 0 Å². The van der Waals surface area contributed by atoms with Crippen molar-refractivity contribution in [2.45, 2.75) is 51.9 Å². The molecule has 2 rings (SSSR count). The Kier molecular flexibility index (Phi) is 6.85. The molecule has 0 unspecified atom stereocenters. The number of benzene rings is 1. The third kappa shape index (κ3) is 5.83. The number of hydrogen-bond donors (Lipinski definition) is 2. The topological polar surface area (TPSA) is 49.3 Å². The van der Waals surface area contributed by atoms with Crippen molar-refractivity contribution in [1.29, 1.82) is 0 Å². The molecule has 0 aliphatic heterocycles. The highest BCUT2D eigenvalue weighted by Gasteiger charge is 2.49. The van der Waals surface area contributed by atoms with Gasteiger partial charge in [-0.3, -0.25) is 4.79 Å². The molecule has 0 atom stereocenters. The maximum Gasteiger partial charge on any atom is 0.310 e. The molecule has 0 saturated heterocycles. The van der Waals surface area contributed by atoms with Crippen molar-refractivity contribution in [1.82, 2.24) is 5.32 Å². The van der Waals surface area contributed by atoms with E-state index >= 15 is 0 Å². The van der Waals surface area contributed by atoms with Crippen LogP contribution < -0.4 is 5.32 Å². The summed E-state index contributed by atoms with van der Waals surface area (Å²) in [5, 5.41) is 12.6. The normalized spacial score (nSPS) is 16.3. The average molecular weight is 315 g/mol. The first-order chi connectivity index (χ1) is 11.2. The number of carboxylic acids is 1. The van der Waals surface area contributed by atoms with Crippen molar-refractivity contribution in [2.75, 3.05) is 13.1 Å². The minimum Gasteiger partial charge on any atom is -0.481 e. The van der Waals surface area contributed by atoms with Crippen LogP contribution in [0, 0.1) is 5.41 Å². The number of aliphatic carboxylic acids is 1. The maximum atomic E-state index is 11.2. The van der Waals surface area contributed by atoms with E-state index in [9.17, 15) is 9.90 Å². The Bertz CT molecular complexity index is 518. The van der Waals surface area contributed by atoms with Crippen LogP contribution in [0.1, 0.15) is 57.4 Å². The summed E-state index contributed by atoms with van der Waals surface area (Å²) < 4.78 is 0.